The van der Waals surface area contributed by atoms with Gasteiger partial charge >= 0.3 is 5.97 Å². The quantitative estimate of drug-likeness (QED) is 0.862. The number of thioether (sulfide) groups is 1. The molecule has 88 valence electrons. The van der Waals surface area contributed by atoms with Crippen LogP contribution in [0.15, 0.2) is 29.7 Å². The monoisotopic (exact) mass is 266 g/mol. The van der Waals surface area contributed by atoms with E-state index in [4.69, 9.17) is 5.11 Å². The first-order chi connectivity index (χ1) is 8.16. The zero-order valence-corrected chi connectivity index (χ0v) is 10.7. The van der Waals surface area contributed by atoms with Crippen LogP contribution in [0.1, 0.15) is 20.1 Å². The van der Waals surface area contributed by atoms with E-state index < -0.39 is 5.97 Å². The van der Waals surface area contributed by atoms with Gasteiger partial charge in [0.2, 0.25) is 0 Å². The molecule has 1 N–H and O–H groups in total. The molecule has 2 aromatic heterocycles. The summed E-state index contributed by atoms with van der Waals surface area (Å²) in [4.78, 5) is 20.4. The van der Waals surface area contributed by atoms with Crippen molar-refractivity contribution in [3.8, 4) is 0 Å². The van der Waals surface area contributed by atoms with E-state index in [2.05, 4.69) is 9.97 Å². The van der Waals surface area contributed by atoms with Crippen molar-refractivity contribution < 1.29 is 9.90 Å². The smallest absolute Gasteiger partial charge is 0.345 e. The lowest BCUT2D eigenvalue weighted by atomic mass is 10.3. The maximum atomic E-state index is 10.8. The third-order valence-electron chi connectivity index (χ3n) is 2.15. The van der Waals surface area contributed by atoms with Crippen LogP contribution in [0.2, 0.25) is 0 Å². The van der Waals surface area contributed by atoms with Crippen LogP contribution >= 0.6 is 23.1 Å². The van der Waals surface area contributed by atoms with E-state index in [-0.39, 0.29) is 0 Å². The molecule has 0 aliphatic heterocycles. The Labute approximate surface area is 107 Å². The van der Waals surface area contributed by atoms with E-state index in [9.17, 15) is 4.79 Å². The number of hydrogen-bond acceptors (Lipinski definition) is 5. The van der Waals surface area contributed by atoms with Gasteiger partial charge in [-0.15, -0.1) is 23.1 Å². The fraction of sp³-hybridized carbons (Fsp3) is 0.182. The van der Waals surface area contributed by atoms with E-state index in [1.54, 1.807) is 36.4 Å². The molecule has 4 nitrogen and oxygen atoms in total. The highest BCUT2D eigenvalue weighted by atomic mass is 32.2. The highest BCUT2D eigenvalue weighted by molar-refractivity contribution is 7.98. The van der Waals surface area contributed by atoms with Crippen molar-refractivity contribution >= 4 is 29.1 Å². The molecule has 0 bridgehead atoms. The molecule has 2 heterocycles. The molecule has 0 fully saturated rings. The van der Waals surface area contributed by atoms with Gasteiger partial charge in [-0.25, -0.2) is 9.78 Å². The van der Waals surface area contributed by atoms with Gasteiger partial charge in [0.05, 0.1) is 6.20 Å². The summed E-state index contributed by atoms with van der Waals surface area (Å²) in [6.07, 6.45) is 4.97. The Balaban J connectivity index is 2.07. The van der Waals surface area contributed by atoms with Crippen molar-refractivity contribution in [3.05, 3.63) is 40.0 Å². The maximum absolute atomic E-state index is 10.8. The fourth-order valence-electron chi connectivity index (χ4n) is 1.28. The summed E-state index contributed by atoms with van der Waals surface area (Å²) < 4.78 is 0. The molecule has 0 amide bonds. The van der Waals surface area contributed by atoms with Gasteiger partial charge in [0, 0.05) is 23.0 Å². The Morgan fingerprint density at radius 2 is 2.35 bits per heavy atom. The summed E-state index contributed by atoms with van der Waals surface area (Å²) in [5.41, 5.74) is 1.04. The zero-order valence-electron chi connectivity index (χ0n) is 9.08. The van der Waals surface area contributed by atoms with E-state index in [1.807, 2.05) is 6.92 Å². The first kappa shape index (κ1) is 12.1. The molecule has 0 spiro atoms. The van der Waals surface area contributed by atoms with Crippen LogP contribution in [0.25, 0.3) is 0 Å². The largest absolute Gasteiger partial charge is 0.477 e. The minimum absolute atomic E-state index is 0.386. The van der Waals surface area contributed by atoms with Gasteiger partial charge in [0.15, 0.2) is 0 Å². The maximum Gasteiger partial charge on any atom is 0.345 e. The third-order valence-corrected chi connectivity index (χ3v) is 4.19. The SMILES string of the molecule is Cc1sc(C(=O)O)cc1CSc1cnccn1. The van der Waals surface area contributed by atoms with Crippen molar-refractivity contribution in [1.29, 1.82) is 0 Å². The zero-order chi connectivity index (χ0) is 12.3. The molecule has 0 saturated carbocycles. The molecule has 6 heteroatoms. The predicted octanol–water partition coefficient (Wildman–Crippen LogP) is 2.84. The minimum atomic E-state index is -0.867. The van der Waals surface area contributed by atoms with Crippen LogP contribution in [0.3, 0.4) is 0 Å². The Hall–Kier alpha value is -1.40. The third kappa shape index (κ3) is 3.04. The number of rotatable bonds is 4. The van der Waals surface area contributed by atoms with Crippen LogP contribution in [0.5, 0.6) is 0 Å². The molecule has 0 unspecified atom stereocenters. The average molecular weight is 266 g/mol. The highest BCUT2D eigenvalue weighted by Crippen LogP contribution is 2.27. The summed E-state index contributed by atoms with van der Waals surface area (Å²) in [6, 6.07) is 1.73. The second-order valence-electron chi connectivity index (χ2n) is 3.33. The molecule has 0 aliphatic carbocycles. The average Bonchev–Trinajstić information content (AvgIpc) is 2.70. The van der Waals surface area contributed by atoms with Crippen molar-refractivity contribution in [2.75, 3.05) is 0 Å². The van der Waals surface area contributed by atoms with Crippen molar-refractivity contribution in [2.24, 2.45) is 0 Å². The number of aromatic carboxylic acids is 1. The van der Waals surface area contributed by atoms with E-state index in [0.29, 0.717) is 10.6 Å². The number of carboxylic acid groups (broad SMARTS) is 1. The fourth-order valence-corrected chi connectivity index (χ4v) is 3.13. The van der Waals surface area contributed by atoms with Crippen LogP contribution in [-0.2, 0) is 5.75 Å². The molecule has 2 rings (SSSR count). The van der Waals surface area contributed by atoms with Crippen LogP contribution in [0.4, 0.5) is 0 Å². The lowest BCUT2D eigenvalue weighted by Gasteiger charge is -1.98. The molecular weight excluding hydrogens is 256 g/mol. The number of hydrogen-bond donors (Lipinski definition) is 1. The molecule has 0 aromatic carbocycles. The molecule has 17 heavy (non-hydrogen) atoms. The second-order valence-corrected chi connectivity index (χ2v) is 5.58. The van der Waals surface area contributed by atoms with Crippen LogP contribution in [-0.4, -0.2) is 21.0 Å². The summed E-state index contributed by atoms with van der Waals surface area (Å²) >= 11 is 2.86. The topological polar surface area (TPSA) is 63.1 Å². The van der Waals surface area contributed by atoms with Crippen LogP contribution < -0.4 is 0 Å². The predicted molar refractivity (Wildman–Crippen MR) is 67.6 cm³/mol. The summed E-state index contributed by atoms with van der Waals surface area (Å²) in [5, 5.41) is 9.73. The number of aromatic nitrogens is 2. The lowest BCUT2D eigenvalue weighted by Crippen LogP contribution is -1.90. The summed E-state index contributed by atoms with van der Waals surface area (Å²) in [5.74, 6) is -0.150. The van der Waals surface area contributed by atoms with Gasteiger partial charge in [0.25, 0.3) is 0 Å². The summed E-state index contributed by atoms with van der Waals surface area (Å²) in [7, 11) is 0. The number of thiophene rings is 1. The van der Waals surface area contributed by atoms with E-state index >= 15 is 0 Å². The van der Waals surface area contributed by atoms with Gasteiger partial charge in [-0.1, -0.05) is 0 Å². The van der Waals surface area contributed by atoms with Gasteiger partial charge in [-0.2, -0.15) is 0 Å². The Bertz CT molecular complexity index is 526. The van der Waals surface area contributed by atoms with Gasteiger partial charge < -0.3 is 5.11 Å². The number of nitrogens with zero attached hydrogens (tertiary/aromatic N) is 2. The lowest BCUT2D eigenvalue weighted by molar-refractivity contribution is 0.0702. The van der Waals surface area contributed by atoms with Crippen LogP contribution in [0, 0.1) is 6.92 Å². The Morgan fingerprint density at radius 1 is 1.53 bits per heavy atom. The van der Waals surface area contributed by atoms with Crippen molar-refractivity contribution in [1.82, 2.24) is 9.97 Å². The molecule has 2 aromatic rings. The van der Waals surface area contributed by atoms with Gasteiger partial charge in [-0.3, -0.25) is 4.98 Å². The normalized spacial score (nSPS) is 10.4. The van der Waals surface area contributed by atoms with Gasteiger partial charge in [-0.05, 0) is 18.6 Å². The highest BCUT2D eigenvalue weighted by Gasteiger charge is 2.11. The van der Waals surface area contributed by atoms with Crippen molar-refractivity contribution in [3.63, 3.8) is 0 Å². The van der Waals surface area contributed by atoms with E-state index in [0.717, 1.165) is 15.5 Å². The number of carboxylic acids is 1. The van der Waals surface area contributed by atoms with Crippen molar-refractivity contribution in [2.45, 2.75) is 17.7 Å². The number of aryl methyl sites for hydroxylation is 1. The molecular formula is C11H10N2O2S2. The van der Waals surface area contributed by atoms with Gasteiger partial charge in [0.1, 0.15) is 9.90 Å². The second kappa shape index (κ2) is 5.29. The first-order valence-electron chi connectivity index (χ1n) is 4.88. The molecule has 0 radical (unpaired) electrons. The minimum Gasteiger partial charge on any atom is -0.477 e. The molecule has 0 saturated heterocycles. The Kier molecular flexibility index (Phi) is 3.75. The molecule has 0 aliphatic rings. The number of carbonyl (C=O) groups is 1. The Morgan fingerprint density at radius 3 is 2.94 bits per heavy atom. The summed E-state index contributed by atoms with van der Waals surface area (Å²) in [6.45, 7) is 1.93. The first-order valence-corrected chi connectivity index (χ1v) is 6.68. The standard InChI is InChI=1S/C11H10N2O2S2/c1-7-8(4-9(17-7)11(14)15)6-16-10-5-12-2-3-13-10/h2-5H,6H2,1H3,(H,14,15). The van der Waals surface area contributed by atoms with E-state index in [1.165, 1.54) is 11.3 Å². The molecule has 0 atom stereocenters.